The zero-order chi connectivity index (χ0) is 14.1. The predicted molar refractivity (Wildman–Crippen MR) is 79.0 cm³/mol. The molecule has 0 fully saturated rings. The fraction of sp³-hybridized carbons (Fsp3) is 0.533. The van der Waals surface area contributed by atoms with Crippen LogP contribution >= 0.6 is 0 Å². The van der Waals surface area contributed by atoms with Gasteiger partial charge in [0.2, 0.25) is 5.91 Å². The molecular formula is C15H25N3O. The summed E-state index contributed by atoms with van der Waals surface area (Å²) in [5.41, 5.74) is 1.02. The number of amides is 1. The number of likely N-dealkylation sites (N-methyl/N-ethyl adjacent to an activating group) is 1. The Morgan fingerprint density at radius 1 is 1.16 bits per heavy atom. The van der Waals surface area contributed by atoms with Gasteiger partial charge in [-0.15, -0.1) is 0 Å². The van der Waals surface area contributed by atoms with E-state index in [1.165, 1.54) is 0 Å². The van der Waals surface area contributed by atoms with E-state index in [9.17, 15) is 4.79 Å². The molecule has 0 heterocycles. The fourth-order valence-corrected chi connectivity index (χ4v) is 1.99. The van der Waals surface area contributed by atoms with E-state index in [0.29, 0.717) is 6.54 Å². The first-order chi connectivity index (χ1) is 9.16. The lowest BCUT2D eigenvalue weighted by molar-refractivity contribution is -0.125. The average molecular weight is 263 g/mol. The van der Waals surface area contributed by atoms with Crippen molar-refractivity contribution >= 4 is 5.91 Å². The number of carbonyl (C=O) groups excluding carboxylic acids is 1. The molecule has 2 N–H and O–H groups in total. The fourth-order valence-electron chi connectivity index (χ4n) is 1.99. The largest absolute Gasteiger partial charge is 0.353 e. The maximum Gasteiger partial charge on any atom is 0.241 e. The van der Waals surface area contributed by atoms with Crippen LogP contribution in [0.4, 0.5) is 0 Å². The maximum absolute atomic E-state index is 12.2. The molecule has 0 spiro atoms. The van der Waals surface area contributed by atoms with Crippen LogP contribution in [0.15, 0.2) is 30.3 Å². The molecule has 1 aromatic rings. The van der Waals surface area contributed by atoms with E-state index in [-0.39, 0.29) is 11.9 Å². The summed E-state index contributed by atoms with van der Waals surface area (Å²) in [5, 5.41) is 6.25. The van der Waals surface area contributed by atoms with Crippen molar-refractivity contribution in [1.82, 2.24) is 15.5 Å². The molecule has 4 heteroatoms. The molecule has 1 atom stereocenters. The highest BCUT2D eigenvalue weighted by Gasteiger charge is 2.21. The van der Waals surface area contributed by atoms with Crippen molar-refractivity contribution in [2.24, 2.45) is 0 Å². The van der Waals surface area contributed by atoms with Crippen molar-refractivity contribution in [3.05, 3.63) is 35.9 Å². The number of hydrogen-bond donors (Lipinski definition) is 2. The lowest BCUT2D eigenvalue weighted by atomic mass is 10.1. The summed E-state index contributed by atoms with van der Waals surface area (Å²) in [6.45, 7) is 4.60. The SMILES string of the molecule is CCCNCCNC(=O)C(c1ccccc1)N(C)C. The number of nitrogens with zero attached hydrogens (tertiary/aromatic N) is 1. The average Bonchev–Trinajstić information content (AvgIpc) is 2.39. The first-order valence-corrected chi connectivity index (χ1v) is 6.86. The van der Waals surface area contributed by atoms with Crippen LogP contribution in [0.3, 0.4) is 0 Å². The van der Waals surface area contributed by atoms with Crippen molar-refractivity contribution in [1.29, 1.82) is 0 Å². The van der Waals surface area contributed by atoms with Crippen molar-refractivity contribution in [3.8, 4) is 0 Å². The van der Waals surface area contributed by atoms with Gasteiger partial charge in [0.05, 0.1) is 0 Å². The van der Waals surface area contributed by atoms with E-state index in [1.807, 2.05) is 49.3 Å². The van der Waals surface area contributed by atoms with Crippen LogP contribution in [0.5, 0.6) is 0 Å². The molecule has 1 aromatic carbocycles. The monoisotopic (exact) mass is 263 g/mol. The summed E-state index contributed by atoms with van der Waals surface area (Å²) in [6, 6.07) is 9.62. The standard InChI is InChI=1S/C15H25N3O/c1-4-10-16-11-12-17-15(19)14(18(2)3)13-8-6-5-7-9-13/h5-9,14,16H,4,10-12H2,1-3H3,(H,17,19). The minimum Gasteiger partial charge on any atom is -0.353 e. The normalized spacial score (nSPS) is 12.4. The predicted octanol–water partition coefficient (Wildman–Crippen LogP) is 1.41. The second-order valence-electron chi connectivity index (χ2n) is 4.82. The number of carbonyl (C=O) groups is 1. The van der Waals surface area contributed by atoms with Crippen molar-refractivity contribution in [2.75, 3.05) is 33.7 Å². The van der Waals surface area contributed by atoms with Gasteiger partial charge in [-0.1, -0.05) is 37.3 Å². The molecule has 0 aliphatic carbocycles. The Morgan fingerprint density at radius 3 is 2.42 bits per heavy atom. The summed E-state index contributed by atoms with van der Waals surface area (Å²) in [4.78, 5) is 14.2. The van der Waals surface area contributed by atoms with Crippen molar-refractivity contribution in [3.63, 3.8) is 0 Å². The first kappa shape index (κ1) is 15.7. The molecule has 0 saturated heterocycles. The van der Waals surface area contributed by atoms with Crippen LogP contribution in [0.25, 0.3) is 0 Å². The van der Waals surface area contributed by atoms with Crippen LogP contribution in [-0.2, 0) is 4.79 Å². The third-order valence-corrected chi connectivity index (χ3v) is 2.91. The number of nitrogens with one attached hydrogen (secondary N) is 2. The summed E-state index contributed by atoms with van der Waals surface area (Å²) in [6.07, 6.45) is 1.11. The Morgan fingerprint density at radius 2 is 1.84 bits per heavy atom. The zero-order valence-electron chi connectivity index (χ0n) is 12.1. The molecule has 106 valence electrons. The number of benzene rings is 1. The van der Waals surface area contributed by atoms with Gasteiger partial charge < -0.3 is 10.6 Å². The molecule has 1 amide bonds. The van der Waals surface area contributed by atoms with Gasteiger partial charge in [0.25, 0.3) is 0 Å². The number of rotatable bonds is 8. The summed E-state index contributed by atoms with van der Waals surface area (Å²) < 4.78 is 0. The third kappa shape index (κ3) is 5.41. The molecule has 0 aliphatic rings. The van der Waals surface area contributed by atoms with E-state index in [1.54, 1.807) is 0 Å². The smallest absolute Gasteiger partial charge is 0.241 e. The number of hydrogen-bond acceptors (Lipinski definition) is 3. The lowest BCUT2D eigenvalue weighted by Crippen LogP contribution is -2.40. The molecule has 0 radical (unpaired) electrons. The highest BCUT2D eigenvalue weighted by Crippen LogP contribution is 2.17. The van der Waals surface area contributed by atoms with Crippen LogP contribution in [0.1, 0.15) is 24.9 Å². The van der Waals surface area contributed by atoms with Crippen molar-refractivity contribution < 1.29 is 4.79 Å². The Labute approximate surface area is 116 Å². The molecule has 4 nitrogen and oxygen atoms in total. The molecule has 0 aromatic heterocycles. The summed E-state index contributed by atoms with van der Waals surface area (Å²) >= 11 is 0. The Kier molecular flexibility index (Phi) is 7.15. The van der Waals surface area contributed by atoms with E-state index >= 15 is 0 Å². The van der Waals surface area contributed by atoms with Gasteiger partial charge in [0.1, 0.15) is 6.04 Å². The Bertz CT molecular complexity index is 365. The second kappa shape index (κ2) is 8.67. The van der Waals surface area contributed by atoms with Crippen LogP contribution in [0, 0.1) is 0 Å². The molecule has 0 bridgehead atoms. The summed E-state index contributed by atoms with van der Waals surface area (Å²) in [7, 11) is 3.85. The van der Waals surface area contributed by atoms with Gasteiger partial charge in [-0.25, -0.2) is 0 Å². The Hall–Kier alpha value is -1.39. The van der Waals surface area contributed by atoms with Gasteiger partial charge in [-0.05, 0) is 32.6 Å². The first-order valence-electron chi connectivity index (χ1n) is 6.86. The lowest BCUT2D eigenvalue weighted by Gasteiger charge is -2.23. The van der Waals surface area contributed by atoms with Crippen LogP contribution < -0.4 is 10.6 Å². The minimum atomic E-state index is -0.229. The topological polar surface area (TPSA) is 44.4 Å². The third-order valence-electron chi connectivity index (χ3n) is 2.91. The molecule has 0 aliphatic heterocycles. The summed E-state index contributed by atoms with van der Waals surface area (Å²) in [5.74, 6) is 0.0505. The van der Waals surface area contributed by atoms with Gasteiger partial charge in [-0.2, -0.15) is 0 Å². The van der Waals surface area contributed by atoms with E-state index in [4.69, 9.17) is 0 Å². The molecule has 1 unspecified atom stereocenters. The molecular weight excluding hydrogens is 238 g/mol. The minimum absolute atomic E-state index is 0.0505. The molecule has 0 saturated carbocycles. The van der Waals surface area contributed by atoms with Gasteiger partial charge in [-0.3, -0.25) is 9.69 Å². The van der Waals surface area contributed by atoms with E-state index in [0.717, 1.165) is 25.1 Å². The maximum atomic E-state index is 12.2. The zero-order valence-corrected chi connectivity index (χ0v) is 12.1. The van der Waals surface area contributed by atoms with E-state index < -0.39 is 0 Å². The van der Waals surface area contributed by atoms with Gasteiger partial charge >= 0.3 is 0 Å². The van der Waals surface area contributed by atoms with Gasteiger partial charge in [0, 0.05) is 13.1 Å². The highest BCUT2D eigenvalue weighted by molar-refractivity contribution is 5.83. The van der Waals surface area contributed by atoms with Gasteiger partial charge in [0.15, 0.2) is 0 Å². The van der Waals surface area contributed by atoms with Crippen molar-refractivity contribution in [2.45, 2.75) is 19.4 Å². The highest BCUT2D eigenvalue weighted by atomic mass is 16.2. The van der Waals surface area contributed by atoms with Crippen LogP contribution in [0.2, 0.25) is 0 Å². The molecule has 1 rings (SSSR count). The molecule has 19 heavy (non-hydrogen) atoms. The second-order valence-corrected chi connectivity index (χ2v) is 4.82. The Balaban J connectivity index is 2.51. The van der Waals surface area contributed by atoms with Crippen LogP contribution in [-0.4, -0.2) is 44.5 Å². The quantitative estimate of drug-likeness (QED) is 0.697. The van der Waals surface area contributed by atoms with E-state index in [2.05, 4.69) is 17.6 Å².